The molecule has 4 aromatic heterocycles. The molecule has 0 saturated heterocycles. The van der Waals surface area contributed by atoms with E-state index in [1.54, 1.807) is 0 Å². The zero-order valence-corrected chi connectivity index (χ0v) is 52.1. The number of hydrogen-bond acceptors (Lipinski definition) is 8. The van der Waals surface area contributed by atoms with E-state index < -0.39 is 0 Å². The maximum absolute atomic E-state index is 6.01. The molecule has 0 spiro atoms. The van der Waals surface area contributed by atoms with Crippen LogP contribution >= 0.6 is 0 Å². The second-order valence-electron chi connectivity index (χ2n) is 23.5. The Labute approximate surface area is 553 Å². The minimum absolute atomic E-state index is 0.897. The summed E-state index contributed by atoms with van der Waals surface area (Å²) < 4.78 is 23.7. The first-order chi connectivity index (χ1) is 47.5. The van der Waals surface area contributed by atoms with Crippen LogP contribution in [0.2, 0.25) is 0 Å². The molecule has 0 unspecified atom stereocenters. The Hall–Kier alpha value is -13.0. The molecule has 458 valence electrons. The van der Waals surface area contributed by atoms with Crippen LogP contribution < -0.4 is 21.3 Å². The second-order valence-corrected chi connectivity index (χ2v) is 23.5. The number of rotatable bonds is 10. The van der Waals surface area contributed by atoms with E-state index in [2.05, 4.69) is 240 Å². The van der Waals surface area contributed by atoms with E-state index in [9.17, 15) is 0 Å². The van der Waals surface area contributed by atoms with Crippen LogP contribution in [0.5, 0.6) is 0 Å². The van der Waals surface area contributed by atoms with Crippen molar-refractivity contribution in [1.82, 2.24) is 0 Å². The third-order valence-corrected chi connectivity index (χ3v) is 17.2. The van der Waals surface area contributed by atoms with Crippen LogP contribution in [0.25, 0.3) is 121 Å². The van der Waals surface area contributed by atoms with Gasteiger partial charge in [-0.2, -0.15) is 0 Å². The first-order valence-electron chi connectivity index (χ1n) is 32.1. The lowest BCUT2D eigenvalue weighted by Gasteiger charge is -2.12. The highest BCUT2D eigenvalue weighted by Gasteiger charge is 2.13. The summed E-state index contributed by atoms with van der Waals surface area (Å²) in [4.78, 5) is 0. The van der Waals surface area contributed by atoms with E-state index >= 15 is 0 Å². The highest BCUT2D eigenvalue weighted by atomic mass is 16.3. The highest BCUT2D eigenvalue weighted by molar-refractivity contribution is 6.09. The molecule has 4 heterocycles. The SMILES string of the molecule is c1ccc(-c2ccc(Nc3ccc4oc5ccccc5c4c3)cc2)cc1.c1ccc(-c2ccccc2Nc2ccc3c(c2)oc2ccccc23)cc1.c1ccc(Nc2ccc3c(c2)oc2ccccc23)cc1.c1ccc2cc(Nc3ccc4oc5ccccc5c4c3)ccc2c1. The molecule has 0 aliphatic heterocycles. The van der Waals surface area contributed by atoms with Gasteiger partial charge in [0, 0.05) is 106 Å². The highest BCUT2D eigenvalue weighted by Crippen LogP contribution is 2.38. The molecule has 0 radical (unpaired) electrons. The Bertz CT molecular complexity index is 5910. The molecule has 0 fully saturated rings. The zero-order valence-electron chi connectivity index (χ0n) is 52.1. The van der Waals surface area contributed by atoms with Crippen LogP contribution in [0.4, 0.5) is 45.5 Å². The van der Waals surface area contributed by atoms with Gasteiger partial charge in [0.15, 0.2) is 0 Å². The van der Waals surface area contributed by atoms with Crippen molar-refractivity contribution in [2.24, 2.45) is 0 Å². The molecule has 0 amide bonds. The van der Waals surface area contributed by atoms with E-state index in [4.69, 9.17) is 17.7 Å². The number of fused-ring (bicyclic) bond motifs is 13. The number of benzene rings is 15. The quantitative estimate of drug-likeness (QED) is 0.107. The average molecular weight is 1240 g/mol. The van der Waals surface area contributed by atoms with Gasteiger partial charge in [0.1, 0.15) is 44.7 Å². The van der Waals surface area contributed by atoms with Gasteiger partial charge in [-0.15, -0.1) is 0 Å². The van der Waals surface area contributed by atoms with Crippen LogP contribution in [0.1, 0.15) is 0 Å². The normalized spacial score (nSPS) is 11.1. The molecule has 15 aromatic carbocycles. The van der Waals surface area contributed by atoms with Gasteiger partial charge in [0.25, 0.3) is 0 Å². The summed E-state index contributed by atoms with van der Waals surface area (Å²) in [5.74, 6) is 0. The van der Waals surface area contributed by atoms with Gasteiger partial charge in [-0.3, -0.25) is 0 Å². The van der Waals surface area contributed by atoms with Crippen LogP contribution in [0, 0.1) is 0 Å². The maximum Gasteiger partial charge on any atom is 0.137 e. The topological polar surface area (TPSA) is 101 Å². The molecular formula is C88H62N4O4. The Morgan fingerprint density at radius 3 is 1.05 bits per heavy atom. The fraction of sp³-hybridized carbons (Fsp3) is 0. The predicted molar refractivity (Wildman–Crippen MR) is 402 cm³/mol. The van der Waals surface area contributed by atoms with Gasteiger partial charge in [0.05, 0.1) is 0 Å². The van der Waals surface area contributed by atoms with Gasteiger partial charge in [-0.25, -0.2) is 0 Å². The van der Waals surface area contributed by atoms with Crippen LogP contribution in [-0.4, -0.2) is 0 Å². The van der Waals surface area contributed by atoms with Crippen molar-refractivity contribution in [3.8, 4) is 22.3 Å². The standard InChI is InChI=1S/2C24H17NO.C22H15NO.C18H13NO/c1-2-8-17(9-3-1)19-10-4-6-12-22(19)25-18-14-15-21-20-11-5-7-13-23(20)26-24(21)16-18;1-2-6-17(7-3-1)18-10-12-19(13-11-18)25-20-14-15-24-22(16-20)21-8-4-5-9-23(21)26-24;1-2-6-16-13-17(10-9-15(16)5-1)23-18-11-12-22-20(14-18)19-7-3-4-8-21(19)24-22;1-2-6-13(7-3-1)19-14-10-11-16-15-8-4-5-9-17(15)20-18(16)12-14/h2*1-16,25H;1-14,23H;1-12,19H. The van der Waals surface area contributed by atoms with Crippen LogP contribution in [-0.2, 0) is 0 Å². The number of anilines is 8. The molecule has 8 heteroatoms. The first-order valence-corrected chi connectivity index (χ1v) is 32.1. The summed E-state index contributed by atoms with van der Waals surface area (Å²) in [5.41, 5.74) is 20.6. The zero-order chi connectivity index (χ0) is 64.0. The van der Waals surface area contributed by atoms with Crippen molar-refractivity contribution >= 4 is 144 Å². The molecule has 96 heavy (non-hydrogen) atoms. The first kappa shape index (κ1) is 58.1. The third-order valence-electron chi connectivity index (χ3n) is 17.2. The van der Waals surface area contributed by atoms with Gasteiger partial charge in [-0.1, -0.05) is 212 Å². The molecule has 19 rings (SSSR count). The van der Waals surface area contributed by atoms with Crippen molar-refractivity contribution in [2.75, 3.05) is 21.3 Å². The van der Waals surface area contributed by atoms with Crippen LogP contribution in [0.3, 0.4) is 0 Å². The number of furan rings is 4. The third kappa shape index (κ3) is 12.4. The van der Waals surface area contributed by atoms with Crippen molar-refractivity contribution in [2.45, 2.75) is 0 Å². The Morgan fingerprint density at radius 1 is 0.167 bits per heavy atom. The van der Waals surface area contributed by atoms with Gasteiger partial charge in [0.2, 0.25) is 0 Å². The van der Waals surface area contributed by atoms with E-state index in [0.717, 1.165) is 133 Å². The molecule has 4 N–H and O–H groups in total. The summed E-state index contributed by atoms with van der Waals surface area (Å²) >= 11 is 0. The number of hydrogen-bond donors (Lipinski definition) is 4. The van der Waals surface area contributed by atoms with E-state index in [-0.39, 0.29) is 0 Å². The summed E-state index contributed by atoms with van der Waals surface area (Å²) in [6, 6.07) is 120. The summed E-state index contributed by atoms with van der Waals surface area (Å²) in [6.07, 6.45) is 0. The summed E-state index contributed by atoms with van der Waals surface area (Å²) in [7, 11) is 0. The Morgan fingerprint density at radius 2 is 0.500 bits per heavy atom. The van der Waals surface area contributed by atoms with Gasteiger partial charge >= 0.3 is 0 Å². The van der Waals surface area contributed by atoms with Crippen molar-refractivity contribution in [3.05, 3.63) is 352 Å². The van der Waals surface area contributed by atoms with Crippen molar-refractivity contribution < 1.29 is 17.7 Å². The average Bonchev–Trinajstić information content (AvgIpc) is 1.75. The lowest BCUT2D eigenvalue weighted by atomic mass is 10.0. The maximum atomic E-state index is 6.01. The predicted octanol–water partition coefficient (Wildman–Crippen LogP) is 25.8. The van der Waals surface area contributed by atoms with Gasteiger partial charge in [-0.05, 0) is 155 Å². The molecule has 0 saturated carbocycles. The van der Waals surface area contributed by atoms with E-state index in [1.807, 2.05) is 133 Å². The second kappa shape index (κ2) is 26.3. The molecule has 19 aromatic rings. The molecular weight excluding hydrogens is 1180 g/mol. The summed E-state index contributed by atoms with van der Waals surface area (Å²) in [5, 5.41) is 25.6. The largest absolute Gasteiger partial charge is 0.456 e. The fourth-order valence-electron chi connectivity index (χ4n) is 12.5. The molecule has 8 nitrogen and oxygen atoms in total. The Balaban J connectivity index is 0.000000101. The lowest BCUT2D eigenvalue weighted by Crippen LogP contribution is -1.93. The molecule has 0 atom stereocenters. The van der Waals surface area contributed by atoms with Crippen molar-refractivity contribution in [3.63, 3.8) is 0 Å². The number of para-hydroxylation sites is 6. The van der Waals surface area contributed by atoms with Gasteiger partial charge < -0.3 is 38.9 Å². The molecule has 0 aliphatic carbocycles. The lowest BCUT2D eigenvalue weighted by molar-refractivity contribution is 0.668. The monoisotopic (exact) mass is 1240 g/mol. The fourth-order valence-corrected chi connectivity index (χ4v) is 12.5. The van der Waals surface area contributed by atoms with Crippen LogP contribution in [0.15, 0.2) is 370 Å². The molecule has 0 aliphatic rings. The van der Waals surface area contributed by atoms with E-state index in [0.29, 0.717) is 0 Å². The minimum Gasteiger partial charge on any atom is -0.456 e. The van der Waals surface area contributed by atoms with Crippen molar-refractivity contribution in [1.29, 1.82) is 0 Å². The minimum atomic E-state index is 0.897. The molecule has 0 bridgehead atoms. The Kier molecular flexibility index (Phi) is 15.9. The summed E-state index contributed by atoms with van der Waals surface area (Å²) in [6.45, 7) is 0. The van der Waals surface area contributed by atoms with E-state index in [1.165, 1.54) is 33.0 Å². The smallest absolute Gasteiger partial charge is 0.137 e. The number of nitrogens with one attached hydrogen (secondary N) is 4.